The molecule has 0 unspecified atom stereocenters. The minimum absolute atomic E-state index is 0.00151. The minimum Gasteiger partial charge on any atom is -0.332 e. The number of nitrogens with zero attached hydrogens (tertiary/aromatic N) is 2. The second-order valence-electron chi connectivity index (χ2n) is 8.09. The monoisotopic (exact) mass is 386 g/mol. The van der Waals surface area contributed by atoms with Gasteiger partial charge in [0.05, 0.1) is 6.54 Å². The zero-order valence-corrected chi connectivity index (χ0v) is 17.8. The van der Waals surface area contributed by atoms with E-state index in [0.717, 1.165) is 10.4 Å². The fraction of sp³-hybridized carbons (Fsp3) is 0.455. The van der Waals surface area contributed by atoms with Gasteiger partial charge in [-0.2, -0.15) is 0 Å². The van der Waals surface area contributed by atoms with E-state index in [-0.39, 0.29) is 24.4 Å². The van der Waals surface area contributed by atoms with E-state index in [9.17, 15) is 9.59 Å². The molecule has 27 heavy (non-hydrogen) atoms. The van der Waals surface area contributed by atoms with Crippen molar-refractivity contribution in [1.82, 2.24) is 9.80 Å². The van der Waals surface area contributed by atoms with Crippen LogP contribution in [0, 0.1) is 5.41 Å². The summed E-state index contributed by atoms with van der Waals surface area (Å²) in [5, 5.41) is 2.02. The van der Waals surface area contributed by atoms with Crippen LogP contribution < -0.4 is 0 Å². The van der Waals surface area contributed by atoms with Crippen LogP contribution in [0.25, 0.3) is 0 Å². The van der Waals surface area contributed by atoms with Gasteiger partial charge in [0.15, 0.2) is 0 Å². The Morgan fingerprint density at radius 3 is 2.19 bits per heavy atom. The van der Waals surface area contributed by atoms with E-state index in [4.69, 9.17) is 0 Å². The number of hydrogen-bond acceptors (Lipinski definition) is 3. The van der Waals surface area contributed by atoms with Crippen molar-refractivity contribution in [1.29, 1.82) is 0 Å². The molecule has 0 bridgehead atoms. The van der Waals surface area contributed by atoms with Crippen LogP contribution in [-0.2, 0) is 22.7 Å². The van der Waals surface area contributed by atoms with Gasteiger partial charge in [-0.1, -0.05) is 57.2 Å². The molecule has 0 radical (unpaired) electrons. The lowest BCUT2D eigenvalue weighted by Crippen LogP contribution is -2.49. The summed E-state index contributed by atoms with van der Waals surface area (Å²) in [6.07, 6.45) is 0. The number of rotatable bonds is 7. The Hall–Kier alpha value is -2.14. The highest BCUT2D eigenvalue weighted by molar-refractivity contribution is 7.09. The van der Waals surface area contributed by atoms with Gasteiger partial charge in [0.25, 0.3) is 0 Å². The van der Waals surface area contributed by atoms with Crippen molar-refractivity contribution in [2.75, 3.05) is 6.54 Å². The third-order valence-corrected chi connectivity index (χ3v) is 5.19. The largest absolute Gasteiger partial charge is 0.332 e. The zero-order valence-electron chi connectivity index (χ0n) is 16.9. The molecule has 2 aromatic rings. The fourth-order valence-electron chi connectivity index (χ4n) is 2.79. The summed E-state index contributed by atoms with van der Waals surface area (Å²) in [6.45, 7) is 10.8. The highest BCUT2D eigenvalue weighted by Gasteiger charge is 2.31. The number of benzene rings is 1. The molecule has 5 heteroatoms. The maximum absolute atomic E-state index is 13.2. The van der Waals surface area contributed by atoms with Gasteiger partial charge in [0.1, 0.15) is 6.54 Å². The van der Waals surface area contributed by atoms with Crippen molar-refractivity contribution in [3.05, 3.63) is 58.3 Å². The van der Waals surface area contributed by atoms with Gasteiger partial charge in [0.2, 0.25) is 11.8 Å². The molecule has 2 rings (SSSR count). The Balaban J connectivity index is 2.19. The predicted molar refractivity (Wildman–Crippen MR) is 111 cm³/mol. The van der Waals surface area contributed by atoms with E-state index in [1.807, 2.05) is 87.4 Å². The lowest BCUT2D eigenvalue weighted by atomic mass is 9.94. The Morgan fingerprint density at radius 2 is 1.67 bits per heavy atom. The lowest BCUT2D eigenvalue weighted by molar-refractivity contribution is -0.147. The van der Waals surface area contributed by atoms with Gasteiger partial charge < -0.3 is 9.80 Å². The average molecular weight is 387 g/mol. The molecule has 0 aliphatic carbocycles. The molecule has 0 aliphatic rings. The summed E-state index contributed by atoms with van der Waals surface area (Å²) < 4.78 is 0. The number of thiophene rings is 1. The summed E-state index contributed by atoms with van der Waals surface area (Å²) in [7, 11) is 0. The second kappa shape index (κ2) is 9.18. The number of amides is 2. The third kappa shape index (κ3) is 6.21. The van der Waals surface area contributed by atoms with Crippen molar-refractivity contribution >= 4 is 23.2 Å². The number of hydrogen-bond donors (Lipinski definition) is 0. The molecule has 146 valence electrons. The zero-order chi connectivity index (χ0) is 20.0. The van der Waals surface area contributed by atoms with Crippen LogP contribution >= 0.6 is 11.3 Å². The quantitative estimate of drug-likeness (QED) is 0.700. The topological polar surface area (TPSA) is 40.6 Å². The van der Waals surface area contributed by atoms with Crippen molar-refractivity contribution in [3.63, 3.8) is 0 Å². The predicted octanol–water partition coefficient (Wildman–Crippen LogP) is 4.56. The van der Waals surface area contributed by atoms with Crippen molar-refractivity contribution in [2.24, 2.45) is 5.41 Å². The number of carbonyl (C=O) groups is 2. The van der Waals surface area contributed by atoms with Gasteiger partial charge >= 0.3 is 0 Å². The standard InChI is InChI=1S/C22H30N2O2S/c1-17(2)24(21(26)22(3,4)5)16-20(25)23(15-19-12-9-13-27-19)14-18-10-7-6-8-11-18/h6-13,17H,14-16H2,1-5H3. The summed E-state index contributed by atoms with van der Waals surface area (Å²) in [5.74, 6) is -0.0276. The molecular formula is C22H30N2O2S. The molecule has 1 heterocycles. The lowest BCUT2D eigenvalue weighted by Gasteiger charge is -2.34. The summed E-state index contributed by atoms with van der Waals surface area (Å²) in [5.41, 5.74) is 0.573. The van der Waals surface area contributed by atoms with Crippen LogP contribution in [0.2, 0.25) is 0 Å². The molecule has 0 spiro atoms. The van der Waals surface area contributed by atoms with Crippen molar-refractivity contribution < 1.29 is 9.59 Å². The summed E-state index contributed by atoms with van der Waals surface area (Å²) >= 11 is 1.64. The Morgan fingerprint density at radius 1 is 1.00 bits per heavy atom. The number of carbonyl (C=O) groups excluding carboxylic acids is 2. The molecule has 0 fully saturated rings. The van der Waals surface area contributed by atoms with E-state index < -0.39 is 5.41 Å². The van der Waals surface area contributed by atoms with Crippen molar-refractivity contribution in [2.45, 2.75) is 53.8 Å². The van der Waals surface area contributed by atoms with E-state index in [2.05, 4.69) is 0 Å². The highest BCUT2D eigenvalue weighted by Crippen LogP contribution is 2.20. The first-order valence-corrected chi connectivity index (χ1v) is 10.2. The van der Waals surface area contributed by atoms with Gasteiger partial charge in [-0.3, -0.25) is 9.59 Å². The maximum atomic E-state index is 13.2. The first kappa shape index (κ1) is 21.2. The van der Waals surface area contributed by atoms with Crippen LogP contribution in [0.5, 0.6) is 0 Å². The molecule has 1 aromatic heterocycles. The van der Waals surface area contributed by atoms with Crippen molar-refractivity contribution in [3.8, 4) is 0 Å². The normalized spacial score (nSPS) is 11.5. The highest BCUT2D eigenvalue weighted by atomic mass is 32.1. The van der Waals surface area contributed by atoms with Gasteiger partial charge in [-0.25, -0.2) is 0 Å². The van der Waals surface area contributed by atoms with Crippen LogP contribution in [0.3, 0.4) is 0 Å². The molecule has 0 atom stereocenters. The molecule has 0 N–H and O–H groups in total. The van der Waals surface area contributed by atoms with Crippen LogP contribution in [-0.4, -0.2) is 34.2 Å². The first-order valence-electron chi connectivity index (χ1n) is 9.33. The first-order chi connectivity index (χ1) is 12.7. The van der Waals surface area contributed by atoms with Crippen LogP contribution in [0.1, 0.15) is 45.1 Å². The summed E-state index contributed by atoms with van der Waals surface area (Å²) in [4.78, 5) is 30.6. The van der Waals surface area contributed by atoms with Gasteiger partial charge in [-0.15, -0.1) is 11.3 Å². The Bertz CT molecular complexity index is 733. The fourth-order valence-corrected chi connectivity index (χ4v) is 3.51. The smallest absolute Gasteiger partial charge is 0.242 e. The second-order valence-corrected chi connectivity index (χ2v) is 9.12. The minimum atomic E-state index is -0.511. The molecule has 1 aromatic carbocycles. The third-order valence-electron chi connectivity index (χ3n) is 4.33. The summed E-state index contributed by atoms with van der Waals surface area (Å²) in [6, 6.07) is 14.0. The van der Waals surface area contributed by atoms with Crippen LogP contribution in [0.4, 0.5) is 0 Å². The van der Waals surface area contributed by atoms with E-state index in [1.54, 1.807) is 16.2 Å². The van der Waals surface area contributed by atoms with E-state index in [0.29, 0.717) is 13.1 Å². The molecule has 0 aliphatic heterocycles. The van der Waals surface area contributed by atoms with Gasteiger partial charge in [0, 0.05) is 22.9 Å². The van der Waals surface area contributed by atoms with E-state index >= 15 is 0 Å². The SMILES string of the molecule is CC(C)N(CC(=O)N(Cc1ccccc1)Cc1cccs1)C(=O)C(C)(C)C. The molecule has 0 saturated heterocycles. The molecule has 0 saturated carbocycles. The maximum Gasteiger partial charge on any atom is 0.242 e. The molecule has 2 amide bonds. The van der Waals surface area contributed by atoms with Gasteiger partial charge in [-0.05, 0) is 30.9 Å². The van der Waals surface area contributed by atoms with E-state index in [1.165, 1.54) is 0 Å². The average Bonchev–Trinajstić information content (AvgIpc) is 3.11. The molecule has 4 nitrogen and oxygen atoms in total. The Kier molecular flexibility index (Phi) is 7.19. The Labute approximate surface area is 166 Å². The van der Waals surface area contributed by atoms with Crippen LogP contribution in [0.15, 0.2) is 47.8 Å². The molecular weight excluding hydrogens is 356 g/mol.